The fourth-order valence-corrected chi connectivity index (χ4v) is 1.51. The predicted octanol–water partition coefficient (Wildman–Crippen LogP) is 0.348. The van der Waals surface area contributed by atoms with Gasteiger partial charge in [-0.3, -0.25) is 9.36 Å². The molecule has 0 aromatic carbocycles. The van der Waals surface area contributed by atoms with Gasteiger partial charge in [-0.05, 0) is 0 Å². The number of hydrogen-bond acceptors (Lipinski definition) is 4. The van der Waals surface area contributed by atoms with Crippen LogP contribution in [-0.2, 0) is 18.4 Å². The third kappa shape index (κ3) is 4.14. The number of amides is 1. The quantitative estimate of drug-likeness (QED) is 0.620. The van der Waals surface area contributed by atoms with Crippen molar-refractivity contribution >= 4 is 13.5 Å². The van der Waals surface area contributed by atoms with Crippen molar-refractivity contribution in [3.05, 3.63) is 0 Å². The van der Waals surface area contributed by atoms with Gasteiger partial charge in [0.2, 0.25) is 5.91 Å². The zero-order chi connectivity index (χ0) is 8.91. The number of hydrogen-bond donors (Lipinski definition) is 1. The summed E-state index contributed by atoms with van der Waals surface area (Å²) >= 11 is 0. The van der Waals surface area contributed by atoms with Crippen LogP contribution in [0.25, 0.3) is 0 Å². The van der Waals surface area contributed by atoms with E-state index in [4.69, 9.17) is 5.73 Å². The third-order valence-electron chi connectivity index (χ3n) is 1.19. The van der Waals surface area contributed by atoms with E-state index in [1.807, 2.05) is 0 Å². The van der Waals surface area contributed by atoms with Gasteiger partial charge in [-0.25, -0.2) is 0 Å². The smallest absolute Gasteiger partial charge is 0.330 e. The van der Waals surface area contributed by atoms with Crippen molar-refractivity contribution in [2.24, 2.45) is 5.73 Å². The summed E-state index contributed by atoms with van der Waals surface area (Å²) in [4.78, 5) is 10.3. The average molecular weight is 181 g/mol. The summed E-state index contributed by atoms with van der Waals surface area (Å²) in [6.45, 7) is 0. The second-order valence-corrected chi connectivity index (χ2v) is 4.32. The number of primary amides is 1. The Bertz CT molecular complexity index is 173. The average Bonchev–Trinajstić information content (AvgIpc) is 2.00. The van der Waals surface area contributed by atoms with Crippen LogP contribution in [0.1, 0.15) is 6.42 Å². The molecule has 0 aliphatic carbocycles. The molecule has 11 heavy (non-hydrogen) atoms. The van der Waals surface area contributed by atoms with Crippen LogP contribution >= 0.6 is 7.60 Å². The summed E-state index contributed by atoms with van der Waals surface area (Å²) in [7, 11) is -0.498. The molecule has 0 aromatic rings. The first kappa shape index (κ1) is 10.6. The first-order chi connectivity index (χ1) is 5.04. The van der Waals surface area contributed by atoms with Gasteiger partial charge in [-0.1, -0.05) is 0 Å². The van der Waals surface area contributed by atoms with Crippen molar-refractivity contribution in [2.75, 3.05) is 20.4 Å². The maximum atomic E-state index is 11.2. The van der Waals surface area contributed by atoms with Gasteiger partial charge in [0, 0.05) is 20.6 Å². The summed E-state index contributed by atoms with van der Waals surface area (Å²) in [6, 6.07) is 0. The molecule has 6 heteroatoms. The second kappa shape index (κ2) is 4.49. The minimum atomic E-state index is -3.04. The van der Waals surface area contributed by atoms with E-state index in [-0.39, 0.29) is 12.6 Å². The van der Waals surface area contributed by atoms with E-state index in [1.165, 1.54) is 14.2 Å². The normalized spacial score (nSPS) is 11.5. The van der Waals surface area contributed by atoms with E-state index >= 15 is 0 Å². The van der Waals surface area contributed by atoms with E-state index in [9.17, 15) is 9.36 Å². The lowest BCUT2D eigenvalue weighted by molar-refractivity contribution is -0.117. The standard InChI is InChI=1S/C5H12NO4P/c1-9-11(8,10-2)4-3-5(6)7/h3-4H2,1-2H3,(H2,6,7). The van der Waals surface area contributed by atoms with E-state index in [1.54, 1.807) is 0 Å². The molecule has 0 saturated carbocycles. The molecule has 0 unspecified atom stereocenters. The molecule has 0 heterocycles. The van der Waals surface area contributed by atoms with Crippen LogP contribution in [0.5, 0.6) is 0 Å². The lowest BCUT2D eigenvalue weighted by Gasteiger charge is -2.11. The molecule has 0 radical (unpaired) electrons. The number of carbonyl (C=O) groups excluding carboxylic acids is 1. The van der Waals surface area contributed by atoms with Crippen molar-refractivity contribution < 1.29 is 18.4 Å². The summed E-state index contributed by atoms with van der Waals surface area (Å²) in [6.07, 6.45) is 0.0499. The minimum Gasteiger partial charge on any atom is -0.370 e. The zero-order valence-electron chi connectivity index (χ0n) is 6.57. The van der Waals surface area contributed by atoms with Crippen LogP contribution in [0.3, 0.4) is 0 Å². The molecular formula is C5H12NO4P. The maximum absolute atomic E-state index is 11.2. The van der Waals surface area contributed by atoms with Crippen molar-refractivity contribution in [3.8, 4) is 0 Å². The Morgan fingerprint density at radius 1 is 1.45 bits per heavy atom. The minimum absolute atomic E-state index is 0.0129. The van der Waals surface area contributed by atoms with Crippen LogP contribution in [0, 0.1) is 0 Å². The molecule has 0 aliphatic heterocycles. The van der Waals surface area contributed by atoms with Crippen LogP contribution < -0.4 is 5.73 Å². The molecule has 1 amide bonds. The lowest BCUT2D eigenvalue weighted by atomic mass is 10.5. The Labute approximate surface area is 65.4 Å². The Morgan fingerprint density at radius 2 is 1.91 bits per heavy atom. The third-order valence-corrected chi connectivity index (χ3v) is 3.07. The van der Waals surface area contributed by atoms with Crippen LogP contribution in [-0.4, -0.2) is 26.3 Å². The van der Waals surface area contributed by atoms with Gasteiger partial charge in [0.1, 0.15) is 0 Å². The topological polar surface area (TPSA) is 78.6 Å². The van der Waals surface area contributed by atoms with Gasteiger partial charge in [-0.15, -0.1) is 0 Å². The second-order valence-electron chi connectivity index (χ2n) is 1.92. The van der Waals surface area contributed by atoms with E-state index in [2.05, 4.69) is 9.05 Å². The highest BCUT2D eigenvalue weighted by molar-refractivity contribution is 7.53. The van der Waals surface area contributed by atoms with Gasteiger partial charge in [-0.2, -0.15) is 0 Å². The van der Waals surface area contributed by atoms with Gasteiger partial charge in [0.15, 0.2) is 0 Å². The molecule has 0 spiro atoms. The Kier molecular flexibility index (Phi) is 4.33. The molecule has 0 atom stereocenters. The van der Waals surface area contributed by atoms with Crippen LogP contribution in [0.4, 0.5) is 0 Å². The number of rotatable bonds is 5. The molecule has 0 fully saturated rings. The Hall–Kier alpha value is -0.380. The largest absolute Gasteiger partial charge is 0.370 e. The number of nitrogens with two attached hydrogens (primary N) is 1. The lowest BCUT2D eigenvalue weighted by Crippen LogP contribution is -2.12. The molecule has 0 rings (SSSR count). The summed E-state index contributed by atoms with van der Waals surface area (Å²) in [5.41, 5.74) is 4.84. The molecule has 0 saturated heterocycles. The molecule has 0 bridgehead atoms. The van der Waals surface area contributed by atoms with Crippen molar-refractivity contribution in [1.29, 1.82) is 0 Å². The summed E-state index contributed by atoms with van der Waals surface area (Å²) < 4.78 is 20.3. The van der Waals surface area contributed by atoms with Gasteiger partial charge >= 0.3 is 7.60 Å². The monoisotopic (exact) mass is 181 g/mol. The zero-order valence-corrected chi connectivity index (χ0v) is 7.47. The summed E-state index contributed by atoms with van der Waals surface area (Å²) in [5.74, 6) is -0.515. The molecule has 66 valence electrons. The highest BCUT2D eigenvalue weighted by Crippen LogP contribution is 2.46. The molecule has 0 aliphatic rings. The highest BCUT2D eigenvalue weighted by Gasteiger charge is 2.20. The molecule has 0 aromatic heterocycles. The van der Waals surface area contributed by atoms with Crippen LogP contribution in [0.2, 0.25) is 0 Å². The maximum Gasteiger partial charge on any atom is 0.330 e. The van der Waals surface area contributed by atoms with E-state index < -0.39 is 13.5 Å². The molecular weight excluding hydrogens is 169 g/mol. The summed E-state index contributed by atoms with van der Waals surface area (Å²) in [5, 5.41) is 0. The van der Waals surface area contributed by atoms with E-state index in [0.717, 1.165) is 0 Å². The van der Waals surface area contributed by atoms with E-state index in [0.29, 0.717) is 0 Å². The fourth-order valence-electron chi connectivity index (χ4n) is 0.504. The highest BCUT2D eigenvalue weighted by atomic mass is 31.2. The Balaban J connectivity index is 3.89. The van der Waals surface area contributed by atoms with Gasteiger partial charge < -0.3 is 14.8 Å². The Morgan fingerprint density at radius 3 is 2.18 bits per heavy atom. The van der Waals surface area contributed by atoms with Crippen molar-refractivity contribution in [2.45, 2.75) is 6.42 Å². The molecule has 5 nitrogen and oxygen atoms in total. The SMILES string of the molecule is COP(=O)(CCC(N)=O)OC. The van der Waals surface area contributed by atoms with Crippen LogP contribution in [0.15, 0.2) is 0 Å². The number of carbonyl (C=O) groups is 1. The van der Waals surface area contributed by atoms with Crippen molar-refractivity contribution in [1.82, 2.24) is 0 Å². The first-order valence-corrected chi connectivity index (χ1v) is 4.75. The van der Waals surface area contributed by atoms with Gasteiger partial charge in [0.05, 0.1) is 6.16 Å². The van der Waals surface area contributed by atoms with Crippen molar-refractivity contribution in [3.63, 3.8) is 0 Å². The fraction of sp³-hybridized carbons (Fsp3) is 0.800. The van der Waals surface area contributed by atoms with Gasteiger partial charge in [0.25, 0.3) is 0 Å². The predicted molar refractivity (Wildman–Crippen MR) is 40.3 cm³/mol. The first-order valence-electron chi connectivity index (χ1n) is 3.03. The molecule has 2 N–H and O–H groups in total.